The summed E-state index contributed by atoms with van der Waals surface area (Å²) in [6.07, 6.45) is 4.92. The highest BCUT2D eigenvalue weighted by atomic mass is 19.1. The fourth-order valence-corrected chi connectivity index (χ4v) is 3.55. The third-order valence-electron chi connectivity index (χ3n) is 4.60. The Morgan fingerprint density at radius 3 is 2.45 bits per heavy atom. The molecule has 2 atom stereocenters. The molecule has 1 aromatic carbocycles. The predicted molar refractivity (Wildman–Crippen MR) is 72.7 cm³/mol. The van der Waals surface area contributed by atoms with Crippen LogP contribution < -0.4 is 5.32 Å². The second-order valence-electron chi connectivity index (χ2n) is 6.11. The van der Waals surface area contributed by atoms with Gasteiger partial charge in [-0.3, -0.25) is 4.79 Å². The van der Waals surface area contributed by atoms with Crippen LogP contribution in [-0.4, -0.2) is 17.9 Å². The first-order chi connectivity index (χ1) is 9.54. The summed E-state index contributed by atoms with van der Waals surface area (Å²) in [6, 6.07) is 2.93. The molecule has 1 aromatic rings. The van der Waals surface area contributed by atoms with Crippen molar-refractivity contribution in [3.05, 3.63) is 34.9 Å². The smallest absolute Gasteiger partial charge is 0.169 e. The zero-order chi connectivity index (χ0) is 14.3. The monoisotopic (exact) mass is 279 g/mol. The van der Waals surface area contributed by atoms with Gasteiger partial charge in [0.25, 0.3) is 0 Å². The molecule has 2 aliphatic rings. The average Bonchev–Trinajstić information content (AvgIpc) is 2.41. The molecule has 0 aromatic heterocycles. The summed E-state index contributed by atoms with van der Waals surface area (Å²) in [6.45, 7) is 1.56. The zero-order valence-corrected chi connectivity index (χ0v) is 11.6. The van der Waals surface area contributed by atoms with Gasteiger partial charge in [0.15, 0.2) is 5.78 Å². The maximum absolute atomic E-state index is 13.8. The van der Waals surface area contributed by atoms with Crippen molar-refractivity contribution in [2.45, 2.75) is 51.1 Å². The largest absolute Gasteiger partial charge is 0.311 e. The lowest BCUT2D eigenvalue weighted by molar-refractivity contribution is 0.0820. The van der Waals surface area contributed by atoms with E-state index in [0.717, 1.165) is 31.7 Å². The summed E-state index contributed by atoms with van der Waals surface area (Å²) in [5.74, 6) is -1.63. The molecule has 2 aliphatic heterocycles. The van der Waals surface area contributed by atoms with Gasteiger partial charge in [0.05, 0.1) is 5.56 Å². The van der Waals surface area contributed by atoms with Crippen LogP contribution in [0, 0.1) is 24.5 Å². The van der Waals surface area contributed by atoms with Gasteiger partial charge in [-0.1, -0.05) is 6.42 Å². The molecule has 2 saturated heterocycles. The molecular formula is C16H19F2NO. The van der Waals surface area contributed by atoms with Crippen LogP contribution in [0.2, 0.25) is 0 Å². The van der Waals surface area contributed by atoms with E-state index in [1.807, 2.05) is 0 Å². The fraction of sp³-hybridized carbons (Fsp3) is 0.562. The van der Waals surface area contributed by atoms with Gasteiger partial charge in [-0.2, -0.15) is 0 Å². The molecule has 2 bridgehead atoms. The highest BCUT2D eigenvalue weighted by molar-refractivity contribution is 5.98. The first kappa shape index (κ1) is 13.7. The Bertz CT molecular complexity index is 532. The van der Waals surface area contributed by atoms with Crippen molar-refractivity contribution >= 4 is 5.78 Å². The normalized spacial score (nSPS) is 29.2. The van der Waals surface area contributed by atoms with Crippen LogP contribution in [0.1, 0.15) is 48.0 Å². The number of piperidine rings is 2. The third kappa shape index (κ3) is 2.49. The first-order valence-corrected chi connectivity index (χ1v) is 7.30. The molecule has 4 heteroatoms. The molecule has 0 amide bonds. The lowest BCUT2D eigenvalue weighted by Crippen LogP contribution is -2.50. The van der Waals surface area contributed by atoms with Crippen molar-refractivity contribution < 1.29 is 13.6 Å². The second kappa shape index (κ2) is 5.24. The quantitative estimate of drug-likeness (QED) is 0.841. The molecule has 2 unspecified atom stereocenters. The summed E-state index contributed by atoms with van der Waals surface area (Å²) in [4.78, 5) is 12.5. The van der Waals surface area contributed by atoms with Gasteiger partial charge in [0, 0.05) is 24.1 Å². The summed E-state index contributed by atoms with van der Waals surface area (Å²) in [7, 11) is 0. The molecule has 0 radical (unpaired) electrons. The van der Waals surface area contributed by atoms with E-state index < -0.39 is 11.6 Å². The molecular weight excluding hydrogens is 260 g/mol. The zero-order valence-electron chi connectivity index (χ0n) is 11.6. The predicted octanol–water partition coefficient (Wildman–Crippen LogP) is 3.38. The number of hydrogen-bond acceptors (Lipinski definition) is 2. The van der Waals surface area contributed by atoms with E-state index in [4.69, 9.17) is 0 Å². The number of hydrogen-bond donors (Lipinski definition) is 1. The van der Waals surface area contributed by atoms with Crippen LogP contribution in [0.4, 0.5) is 8.78 Å². The standard InChI is InChI=1S/C16H19F2NO/c1-9-5-13(15(18)8-14(9)17)16(20)10-6-11-3-2-4-12(7-10)19-11/h5,8,10-12,19H,2-4,6-7H2,1H3. The van der Waals surface area contributed by atoms with E-state index in [-0.39, 0.29) is 17.3 Å². The summed E-state index contributed by atoms with van der Waals surface area (Å²) >= 11 is 0. The minimum atomic E-state index is -0.734. The number of benzene rings is 1. The van der Waals surface area contributed by atoms with E-state index in [0.29, 0.717) is 17.6 Å². The lowest BCUT2D eigenvalue weighted by atomic mass is 9.77. The number of nitrogens with one attached hydrogen (secondary N) is 1. The van der Waals surface area contributed by atoms with Crippen LogP contribution >= 0.6 is 0 Å². The number of Topliss-reactive ketones (excluding diaryl/α,β-unsaturated/α-hetero) is 1. The molecule has 0 aliphatic carbocycles. The minimum Gasteiger partial charge on any atom is -0.311 e. The topological polar surface area (TPSA) is 29.1 Å². The Labute approximate surface area is 117 Å². The van der Waals surface area contributed by atoms with Crippen LogP contribution in [-0.2, 0) is 0 Å². The van der Waals surface area contributed by atoms with Crippen molar-refractivity contribution in [3.63, 3.8) is 0 Å². The molecule has 1 N–H and O–H groups in total. The van der Waals surface area contributed by atoms with Crippen LogP contribution in [0.15, 0.2) is 12.1 Å². The van der Waals surface area contributed by atoms with Crippen molar-refractivity contribution in [2.75, 3.05) is 0 Å². The Balaban J connectivity index is 1.84. The minimum absolute atomic E-state index is 0.0499. The van der Waals surface area contributed by atoms with Crippen molar-refractivity contribution in [1.82, 2.24) is 5.32 Å². The van der Waals surface area contributed by atoms with E-state index in [1.54, 1.807) is 6.92 Å². The van der Waals surface area contributed by atoms with Gasteiger partial charge in [-0.15, -0.1) is 0 Å². The third-order valence-corrected chi connectivity index (χ3v) is 4.60. The van der Waals surface area contributed by atoms with Crippen molar-refractivity contribution in [2.24, 2.45) is 5.92 Å². The number of aryl methyl sites for hydroxylation is 1. The fourth-order valence-electron chi connectivity index (χ4n) is 3.55. The van der Waals surface area contributed by atoms with Crippen molar-refractivity contribution in [3.8, 4) is 0 Å². The Morgan fingerprint density at radius 2 is 1.80 bits per heavy atom. The molecule has 2 heterocycles. The lowest BCUT2D eigenvalue weighted by Gasteiger charge is -2.39. The molecule has 108 valence electrons. The van der Waals surface area contributed by atoms with Crippen LogP contribution in [0.3, 0.4) is 0 Å². The van der Waals surface area contributed by atoms with Gasteiger partial charge >= 0.3 is 0 Å². The van der Waals surface area contributed by atoms with Crippen LogP contribution in [0.25, 0.3) is 0 Å². The molecule has 20 heavy (non-hydrogen) atoms. The van der Waals surface area contributed by atoms with Gasteiger partial charge in [-0.05, 0) is 44.2 Å². The maximum Gasteiger partial charge on any atom is 0.169 e. The van der Waals surface area contributed by atoms with Crippen LogP contribution in [0.5, 0.6) is 0 Å². The van der Waals surface area contributed by atoms with E-state index in [2.05, 4.69) is 5.32 Å². The second-order valence-corrected chi connectivity index (χ2v) is 6.11. The molecule has 3 rings (SSSR count). The maximum atomic E-state index is 13.8. The summed E-state index contributed by atoms with van der Waals surface area (Å²) in [5, 5.41) is 3.52. The van der Waals surface area contributed by atoms with E-state index in [9.17, 15) is 13.6 Å². The van der Waals surface area contributed by atoms with Crippen molar-refractivity contribution in [1.29, 1.82) is 0 Å². The van der Waals surface area contributed by atoms with Gasteiger partial charge < -0.3 is 5.32 Å². The number of halogens is 2. The molecule has 0 saturated carbocycles. The highest BCUT2D eigenvalue weighted by Gasteiger charge is 2.35. The highest BCUT2D eigenvalue weighted by Crippen LogP contribution is 2.32. The molecule has 0 spiro atoms. The number of ketones is 1. The number of rotatable bonds is 2. The van der Waals surface area contributed by atoms with Gasteiger partial charge in [0.1, 0.15) is 11.6 Å². The Kier molecular flexibility index (Phi) is 3.59. The molecule has 2 nitrogen and oxygen atoms in total. The number of fused-ring (bicyclic) bond motifs is 2. The Morgan fingerprint density at radius 1 is 1.15 bits per heavy atom. The van der Waals surface area contributed by atoms with Gasteiger partial charge in [0.2, 0.25) is 0 Å². The first-order valence-electron chi connectivity index (χ1n) is 7.30. The summed E-state index contributed by atoms with van der Waals surface area (Å²) in [5.41, 5.74) is 0.373. The number of carbonyl (C=O) groups is 1. The Hall–Kier alpha value is -1.29. The SMILES string of the molecule is Cc1cc(C(=O)C2CC3CCCC(C2)N3)c(F)cc1F. The summed E-state index contributed by atoms with van der Waals surface area (Å²) < 4.78 is 27.1. The van der Waals surface area contributed by atoms with E-state index in [1.165, 1.54) is 12.5 Å². The van der Waals surface area contributed by atoms with Gasteiger partial charge in [-0.25, -0.2) is 8.78 Å². The number of carbonyl (C=O) groups excluding carboxylic acids is 1. The average molecular weight is 279 g/mol. The molecule has 2 fully saturated rings. The van der Waals surface area contributed by atoms with E-state index >= 15 is 0 Å².